The Balaban J connectivity index is 2.64. The first kappa shape index (κ1) is 14.3. The smallest absolute Gasteiger partial charge is 0.253 e. The van der Waals surface area contributed by atoms with Gasteiger partial charge in [-0.1, -0.05) is 12.1 Å². The summed E-state index contributed by atoms with van der Waals surface area (Å²) in [5.74, 6) is -6.34. The Morgan fingerprint density at radius 2 is 1.65 bits per heavy atom. The fourth-order valence-corrected chi connectivity index (χ4v) is 1.98. The van der Waals surface area contributed by atoms with Crippen molar-refractivity contribution >= 4 is 11.4 Å². The van der Waals surface area contributed by atoms with Crippen molar-refractivity contribution in [2.45, 2.75) is 13.8 Å². The highest BCUT2D eigenvalue weighted by Crippen LogP contribution is 2.32. The number of hydrogen-bond acceptors (Lipinski definition) is 2. The molecule has 106 valence electrons. The van der Waals surface area contributed by atoms with E-state index in [1.807, 2.05) is 0 Å². The van der Waals surface area contributed by atoms with Crippen molar-refractivity contribution in [3.8, 4) is 0 Å². The summed E-state index contributed by atoms with van der Waals surface area (Å²) in [6.07, 6.45) is 0. The zero-order valence-corrected chi connectivity index (χ0v) is 10.9. The van der Waals surface area contributed by atoms with Gasteiger partial charge in [0.05, 0.1) is 0 Å². The summed E-state index contributed by atoms with van der Waals surface area (Å²) in [7, 11) is 0. The highest BCUT2D eigenvalue weighted by atomic mass is 19.2. The molecule has 0 fully saturated rings. The van der Waals surface area contributed by atoms with E-state index < -0.39 is 29.2 Å². The van der Waals surface area contributed by atoms with Crippen LogP contribution < -0.4 is 4.90 Å². The number of hydrogen-bond donors (Lipinski definition) is 0. The second kappa shape index (κ2) is 5.48. The molecular weight excluding hydrogens is 272 g/mol. The van der Waals surface area contributed by atoms with Gasteiger partial charge in [-0.25, -0.2) is 0 Å². The molecule has 2 aromatic rings. The van der Waals surface area contributed by atoms with Crippen LogP contribution in [0.3, 0.4) is 0 Å². The van der Waals surface area contributed by atoms with E-state index in [4.69, 9.17) is 0 Å². The Morgan fingerprint density at radius 3 is 2.15 bits per heavy atom. The quantitative estimate of drug-likeness (QED) is 0.623. The van der Waals surface area contributed by atoms with Gasteiger partial charge in [0.15, 0.2) is 0 Å². The number of pyridine rings is 1. The van der Waals surface area contributed by atoms with Crippen LogP contribution in [0.15, 0.2) is 24.3 Å². The van der Waals surface area contributed by atoms with Crippen LogP contribution >= 0.6 is 0 Å². The number of nitrogens with zero attached hydrogens (tertiary/aromatic N) is 2. The van der Waals surface area contributed by atoms with Crippen LogP contribution in [0.25, 0.3) is 0 Å². The van der Waals surface area contributed by atoms with E-state index in [1.54, 1.807) is 38.1 Å². The van der Waals surface area contributed by atoms with Gasteiger partial charge in [0.1, 0.15) is 5.69 Å². The van der Waals surface area contributed by atoms with Crippen molar-refractivity contribution in [1.29, 1.82) is 0 Å². The Labute approximate surface area is 113 Å². The normalized spacial score (nSPS) is 10.7. The molecule has 2 rings (SSSR count). The lowest BCUT2D eigenvalue weighted by atomic mass is 10.2. The van der Waals surface area contributed by atoms with Crippen molar-refractivity contribution in [1.82, 2.24) is 4.98 Å². The van der Waals surface area contributed by atoms with Gasteiger partial charge in [0.2, 0.25) is 11.6 Å². The summed E-state index contributed by atoms with van der Waals surface area (Å²) in [5.41, 5.74) is 0.523. The van der Waals surface area contributed by atoms with Crippen LogP contribution in [0.1, 0.15) is 12.5 Å². The molecule has 0 unspecified atom stereocenters. The molecular formula is C14H12F4N2. The minimum Gasteiger partial charge on any atom is -0.337 e. The molecule has 0 N–H and O–H groups in total. The maximum absolute atomic E-state index is 13.8. The Kier molecular flexibility index (Phi) is 3.92. The van der Waals surface area contributed by atoms with E-state index in [2.05, 4.69) is 4.98 Å². The SMILES string of the molecule is CCN(c1cccc(C)c1)c1c(F)c(F)nc(F)c1F. The largest absolute Gasteiger partial charge is 0.337 e. The van der Waals surface area contributed by atoms with Crippen LogP contribution in [0.4, 0.5) is 28.9 Å². The molecule has 0 atom stereocenters. The first-order valence-electron chi connectivity index (χ1n) is 6.00. The average molecular weight is 284 g/mol. The van der Waals surface area contributed by atoms with Gasteiger partial charge in [-0.3, -0.25) is 0 Å². The second-order valence-electron chi connectivity index (χ2n) is 4.25. The monoisotopic (exact) mass is 284 g/mol. The fourth-order valence-electron chi connectivity index (χ4n) is 1.98. The molecule has 6 heteroatoms. The lowest BCUT2D eigenvalue weighted by Gasteiger charge is -2.24. The number of anilines is 2. The molecule has 0 saturated heterocycles. The summed E-state index contributed by atoms with van der Waals surface area (Å²) >= 11 is 0. The van der Waals surface area contributed by atoms with Crippen LogP contribution in [0.2, 0.25) is 0 Å². The molecule has 0 amide bonds. The van der Waals surface area contributed by atoms with Crippen LogP contribution in [0, 0.1) is 30.5 Å². The molecule has 0 aliphatic rings. The Hall–Kier alpha value is -2.11. The summed E-state index contributed by atoms with van der Waals surface area (Å²) in [6, 6.07) is 6.76. The Morgan fingerprint density at radius 1 is 1.05 bits per heavy atom. The van der Waals surface area contributed by atoms with E-state index in [0.29, 0.717) is 5.69 Å². The first-order chi connectivity index (χ1) is 9.45. The summed E-state index contributed by atoms with van der Waals surface area (Å²) < 4.78 is 53.9. The van der Waals surface area contributed by atoms with Gasteiger partial charge in [-0.15, -0.1) is 0 Å². The third kappa shape index (κ3) is 2.45. The lowest BCUT2D eigenvalue weighted by Crippen LogP contribution is -2.21. The van der Waals surface area contributed by atoms with Crippen molar-refractivity contribution in [3.05, 3.63) is 53.4 Å². The zero-order valence-electron chi connectivity index (χ0n) is 10.9. The van der Waals surface area contributed by atoms with Crippen molar-refractivity contribution < 1.29 is 17.6 Å². The van der Waals surface area contributed by atoms with Gasteiger partial charge in [0, 0.05) is 12.2 Å². The minimum absolute atomic E-state index is 0.139. The predicted octanol–water partition coefficient (Wildman–Crippen LogP) is 4.10. The van der Waals surface area contributed by atoms with Crippen molar-refractivity contribution in [3.63, 3.8) is 0 Å². The van der Waals surface area contributed by atoms with E-state index in [9.17, 15) is 17.6 Å². The first-order valence-corrected chi connectivity index (χ1v) is 6.00. The number of halogens is 4. The average Bonchev–Trinajstić information content (AvgIpc) is 2.41. The number of rotatable bonds is 3. The molecule has 0 spiro atoms. The molecule has 0 saturated carbocycles. The molecule has 1 heterocycles. The van der Waals surface area contributed by atoms with E-state index in [1.165, 1.54) is 0 Å². The molecule has 20 heavy (non-hydrogen) atoms. The van der Waals surface area contributed by atoms with Crippen molar-refractivity contribution in [2.24, 2.45) is 0 Å². The molecule has 0 radical (unpaired) electrons. The number of benzene rings is 1. The minimum atomic E-state index is -1.66. The standard InChI is InChI=1S/C14H12F4N2/c1-3-20(9-6-4-5-8(2)7-9)12-10(15)13(17)19-14(18)11(12)16/h4-7H,3H2,1-2H3. The maximum atomic E-state index is 13.8. The third-order valence-electron chi connectivity index (χ3n) is 2.87. The van der Waals surface area contributed by atoms with E-state index in [0.717, 1.165) is 10.5 Å². The summed E-state index contributed by atoms with van der Waals surface area (Å²) in [5, 5.41) is 0. The van der Waals surface area contributed by atoms with E-state index >= 15 is 0 Å². The topological polar surface area (TPSA) is 16.1 Å². The highest BCUT2D eigenvalue weighted by molar-refractivity contribution is 5.64. The second-order valence-corrected chi connectivity index (χ2v) is 4.25. The van der Waals surface area contributed by atoms with Crippen LogP contribution in [-0.2, 0) is 0 Å². The molecule has 1 aromatic carbocycles. The van der Waals surface area contributed by atoms with Gasteiger partial charge in [0.25, 0.3) is 11.9 Å². The predicted molar refractivity (Wildman–Crippen MR) is 67.9 cm³/mol. The highest BCUT2D eigenvalue weighted by Gasteiger charge is 2.25. The zero-order chi connectivity index (χ0) is 14.9. The van der Waals surface area contributed by atoms with Gasteiger partial charge >= 0.3 is 0 Å². The molecule has 0 aliphatic carbocycles. The summed E-state index contributed by atoms with van der Waals surface area (Å²) in [6.45, 7) is 3.56. The molecule has 2 nitrogen and oxygen atoms in total. The lowest BCUT2D eigenvalue weighted by molar-refractivity contribution is 0.408. The Bertz CT molecular complexity index is 617. The van der Waals surface area contributed by atoms with Crippen LogP contribution in [-0.4, -0.2) is 11.5 Å². The van der Waals surface area contributed by atoms with Gasteiger partial charge in [-0.05, 0) is 31.5 Å². The maximum Gasteiger partial charge on any atom is 0.253 e. The van der Waals surface area contributed by atoms with E-state index in [-0.39, 0.29) is 6.54 Å². The number of aryl methyl sites for hydroxylation is 1. The van der Waals surface area contributed by atoms with Gasteiger partial charge < -0.3 is 4.90 Å². The molecule has 0 bridgehead atoms. The fraction of sp³-hybridized carbons (Fsp3) is 0.214. The van der Waals surface area contributed by atoms with Crippen molar-refractivity contribution in [2.75, 3.05) is 11.4 Å². The van der Waals surface area contributed by atoms with Gasteiger partial charge in [-0.2, -0.15) is 22.5 Å². The van der Waals surface area contributed by atoms with Crippen LogP contribution in [0.5, 0.6) is 0 Å². The molecule has 1 aromatic heterocycles. The third-order valence-corrected chi connectivity index (χ3v) is 2.87. The molecule has 0 aliphatic heterocycles. The summed E-state index contributed by atoms with van der Waals surface area (Å²) in [4.78, 5) is 3.71. The number of aromatic nitrogens is 1.